The van der Waals surface area contributed by atoms with Gasteiger partial charge in [-0.15, -0.1) is 0 Å². The number of aliphatic hydroxyl groups excluding tert-OH is 1. The fourth-order valence-electron chi connectivity index (χ4n) is 2.97. The first-order chi connectivity index (χ1) is 14.5. The largest absolute Gasteiger partial charge is 0.457 e. The third-order valence-corrected chi connectivity index (χ3v) is 7.44. The average Bonchev–Trinajstić information content (AvgIpc) is 3.02. The van der Waals surface area contributed by atoms with Crippen LogP contribution in [0.3, 0.4) is 0 Å². The summed E-state index contributed by atoms with van der Waals surface area (Å²) in [5.74, 6) is -1.12. The summed E-state index contributed by atoms with van der Waals surface area (Å²) >= 11 is 0. The van der Waals surface area contributed by atoms with E-state index in [4.69, 9.17) is 13.1 Å². The molecule has 31 heavy (non-hydrogen) atoms. The highest BCUT2D eigenvalue weighted by molar-refractivity contribution is 7.87. The van der Waals surface area contributed by atoms with Crippen LogP contribution in [0, 0.1) is 13.8 Å². The first-order valence-corrected chi connectivity index (χ1v) is 12.1. The normalized spacial score (nSPS) is 21.8. The van der Waals surface area contributed by atoms with E-state index >= 15 is 0 Å². The second kappa shape index (κ2) is 8.67. The molecule has 0 aliphatic carbocycles. The third kappa shape index (κ3) is 5.13. The van der Waals surface area contributed by atoms with Gasteiger partial charge in [-0.1, -0.05) is 35.4 Å². The van der Waals surface area contributed by atoms with Crippen LogP contribution >= 0.6 is 0 Å². The number of hydrogen-bond acceptors (Lipinski definition) is 9. The number of hydrogen-bond donors (Lipinski definition) is 1. The van der Waals surface area contributed by atoms with Crippen LogP contribution in [0.4, 0.5) is 0 Å². The third-order valence-electron chi connectivity index (χ3n) is 4.76. The van der Waals surface area contributed by atoms with Gasteiger partial charge in [-0.2, -0.15) is 16.8 Å². The first kappa shape index (κ1) is 23.4. The summed E-state index contributed by atoms with van der Waals surface area (Å²) in [4.78, 5) is 12.1. The molecule has 2 aromatic rings. The number of cyclic esters (lactones) is 1. The molecule has 0 radical (unpaired) electrons. The minimum Gasteiger partial charge on any atom is -0.457 e. The van der Waals surface area contributed by atoms with Crippen LogP contribution in [0.2, 0.25) is 0 Å². The van der Waals surface area contributed by atoms with Gasteiger partial charge in [0.15, 0.2) is 0 Å². The highest BCUT2D eigenvalue weighted by Crippen LogP contribution is 2.33. The van der Waals surface area contributed by atoms with Gasteiger partial charge in [-0.25, -0.2) is 8.98 Å². The molecule has 9 nitrogen and oxygen atoms in total. The minimum atomic E-state index is -4.40. The van der Waals surface area contributed by atoms with Gasteiger partial charge in [0, 0.05) is 6.42 Å². The second-order valence-electron chi connectivity index (χ2n) is 7.29. The van der Waals surface area contributed by atoms with Crippen molar-refractivity contribution in [1.29, 1.82) is 0 Å². The first-order valence-electron chi connectivity index (χ1n) is 9.28. The molecule has 2 atom stereocenters. The lowest BCUT2D eigenvalue weighted by Crippen LogP contribution is -2.43. The standard InChI is InChI=1S/C20H22O9S2/c1-14-3-7-17(8-4-14)30(23,24)27-12-16-11-20(13-21,19(22)28-16)29-31(25,26)18-9-5-15(2)6-10-18/h3-10,16,21H,11-13H2,1-2H3/t16-,20+/m0/s1. The highest BCUT2D eigenvalue weighted by atomic mass is 32.2. The summed E-state index contributed by atoms with van der Waals surface area (Å²) in [7, 11) is -8.52. The van der Waals surface area contributed by atoms with Crippen molar-refractivity contribution >= 4 is 26.2 Å². The van der Waals surface area contributed by atoms with Gasteiger partial charge in [0.05, 0.1) is 16.4 Å². The maximum Gasteiger partial charge on any atom is 0.342 e. The Balaban J connectivity index is 1.72. The summed E-state index contributed by atoms with van der Waals surface area (Å²) in [6, 6.07) is 11.7. The molecule has 0 spiro atoms. The zero-order chi connectivity index (χ0) is 22.9. The molecule has 0 unspecified atom stereocenters. The van der Waals surface area contributed by atoms with Crippen molar-refractivity contribution in [3.63, 3.8) is 0 Å². The Hall–Kier alpha value is -2.31. The van der Waals surface area contributed by atoms with Crippen molar-refractivity contribution in [3.05, 3.63) is 59.7 Å². The quantitative estimate of drug-likeness (QED) is 0.449. The van der Waals surface area contributed by atoms with Gasteiger partial charge >= 0.3 is 5.97 Å². The molecule has 3 rings (SSSR count). The number of aliphatic hydroxyl groups is 1. The molecular weight excluding hydrogens is 448 g/mol. The fourth-order valence-corrected chi connectivity index (χ4v) is 5.08. The molecule has 0 amide bonds. The van der Waals surface area contributed by atoms with Crippen LogP contribution in [-0.2, 0) is 38.1 Å². The van der Waals surface area contributed by atoms with Crippen LogP contribution in [0.5, 0.6) is 0 Å². The Morgan fingerprint density at radius 3 is 1.90 bits per heavy atom. The predicted octanol–water partition coefficient (Wildman–Crippen LogP) is 1.46. The molecule has 0 saturated carbocycles. The molecule has 1 fully saturated rings. The molecule has 11 heteroatoms. The maximum absolute atomic E-state index is 12.6. The summed E-state index contributed by atoms with van der Waals surface area (Å²) in [6.45, 7) is 2.04. The number of carbonyl (C=O) groups is 1. The maximum atomic E-state index is 12.6. The molecule has 0 aromatic heterocycles. The zero-order valence-electron chi connectivity index (χ0n) is 16.8. The van der Waals surface area contributed by atoms with E-state index in [9.17, 15) is 26.7 Å². The van der Waals surface area contributed by atoms with E-state index in [0.29, 0.717) is 0 Å². The van der Waals surface area contributed by atoms with Crippen molar-refractivity contribution < 1.29 is 39.8 Å². The highest BCUT2D eigenvalue weighted by Gasteiger charge is 2.53. The lowest BCUT2D eigenvalue weighted by molar-refractivity contribution is -0.155. The molecule has 2 aromatic carbocycles. The van der Waals surface area contributed by atoms with Gasteiger partial charge in [-0.05, 0) is 38.1 Å². The number of esters is 1. The van der Waals surface area contributed by atoms with Crippen LogP contribution < -0.4 is 0 Å². The monoisotopic (exact) mass is 470 g/mol. The Kier molecular flexibility index (Phi) is 6.53. The van der Waals surface area contributed by atoms with Crippen molar-refractivity contribution in [3.8, 4) is 0 Å². The number of aryl methyl sites for hydroxylation is 2. The predicted molar refractivity (Wildman–Crippen MR) is 108 cm³/mol. The lowest BCUT2D eigenvalue weighted by atomic mass is 10.0. The van der Waals surface area contributed by atoms with Crippen molar-refractivity contribution in [1.82, 2.24) is 0 Å². The van der Waals surface area contributed by atoms with Crippen molar-refractivity contribution in [2.45, 2.75) is 41.8 Å². The van der Waals surface area contributed by atoms with E-state index in [2.05, 4.69) is 0 Å². The van der Waals surface area contributed by atoms with Crippen LogP contribution in [0.1, 0.15) is 17.5 Å². The smallest absolute Gasteiger partial charge is 0.342 e. The fraction of sp³-hybridized carbons (Fsp3) is 0.350. The Labute approximate surface area is 180 Å². The Morgan fingerprint density at radius 1 is 0.935 bits per heavy atom. The summed E-state index contributed by atoms with van der Waals surface area (Å²) in [5.41, 5.74) is -0.503. The zero-order valence-corrected chi connectivity index (χ0v) is 18.5. The van der Waals surface area contributed by atoms with Crippen LogP contribution in [0.15, 0.2) is 58.3 Å². The molecule has 1 N–H and O–H groups in total. The van der Waals surface area contributed by atoms with Gasteiger partial charge in [0.1, 0.15) is 12.7 Å². The van der Waals surface area contributed by atoms with Crippen LogP contribution in [0.25, 0.3) is 0 Å². The SMILES string of the molecule is Cc1ccc(S(=O)(=O)OC[C@@H]2C[C@](CO)(OS(=O)(=O)c3ccc(C)cc3)C(=O)O2)cc1. The minimum absolute atomic E-state index is 0.0750. The second-order valence-corrected chi connectivity index (χ2v) is 10.4. The number of ether oxygens (including phenoxy) is 1. The molecular formula is C20H22O9S2. The topological polar surface area (TPSA) is 133 Å². The molecule has 1 heterocycles. The number of rotatable bonds is 8. The van der Waals surface area contributed by atoms with E-state index in [1.807, 2.05) is 0 Å². The van der Waals surface area contributed by atoms with E-state index in [1.165, 1.54) is 24.3 Å². The van der Waals surface area contributed by atoms with E-state index in [0.717, 1.165) is 11.1 Å². The average molecular weight is 471 g/mol. The Bertz CT molecular complexity index is 1150. The summed E-state index contributed by atoms with van der Waals surface area (Å²) in [6.07, 6.45) is -1.54. The van der Waals surface area contributed by atoms with Crippen molar-refractivity contribution in [2.24, 2.45) is 0 Å². The Morgan fingerprint density at radius 2 is 1.42 bits per heavy atom. The summed E-state index contributed by atoms with van der Waals surface area (Å²) < 4.78 is 64.9. The molecule has 1 aliphatic heterocycles. The van der Waals surface area contributed by atoms with Gasteiger partial charge in [0.25, 0.3) is 20.2 Å². The van der Waals surface area contributed by atoms with E-state index in [-0.39, 0.29) is 9.79 Å². The number of carbonyl (C=O) groups excluding carboxylic acids is 1. The molecule has 0 bridgehead atoms. The van der Waals surface area contributed by atoms with E-state index < -0.39 is 57.5 Å². The molecule has 1 saturated heterocycles. The molecule has 1 aliphatic rings. The summed E-state index contributed by atoms with van der Waals surface area (Å²) in [5, 5.41) is 9.74. The van der Waals surface area contributed by atoms with Gasteiger partial charge < -0.3 is 9.84 Å². The van der Waals surface area contributed by atoms with Gasteiger partial charge in [-0.3, -0.25) is 4.18 Å². The lowest BCUT2D eigenvalue weighted by Gasteiger charge is -2.22. The van der Waals surface area contributed by atoms with Crippen LogP contribution in [-0.4, -0.2) is 52.8 Å². The van der Waals surface area contributed by atoms with Crippen molar-refractivity contribution in [2.75, 3.05) is 13.2 Å². The molecule has 168 valence electrons. The van der Waals surface area contributed by atoms with E-state index in [1.54, 1.807) is 38.1 Å². The number of benzene rings is 2. The van der Waals surface area contributed by atoms with Gasteiger partial charge in [0.2, 0.25) is 5.60 Å².